The van der Waals surface area contributed by atoms with Gasteiger partial charge in [0.25, 0.3) is 11.8 Å². The van der Waals surface area contributed by atoms with Gasteiger partial charge in [0, 0.05) is 56.1 Å². The molecule has 4 rings (SSSR count). The van der Waals surface area contributed by atoms with Crippen molar-refractivity contribution in [3.05, 3.63) is 54.0 Å². The summed E-state index contributed by atoms with van der Waals surface area (Å²) in [6.45, 7) is 2.39. The molecule has 2 aliphatic rings. The minimum atomic E-state index is 0.00167. The lowest BCUT2D eigenvalue weighted by molar-refractivity contribution is 0.0716. The highest BCUT2D eigenvalue weighted by Crippen LogP contribution is 2.31. The van der Waals surface area contributed by atoms with Crippen molar-refractivity contribution in [1.29, 1.82) is 0 Å². The third kappa shape index (κ3) is 5.64. The summed E-state index contributed by atoms with van der Waals surface area (Å²) < 4.78 is 0. The minimum Gasteiger partial charge on any atom is -0.337 e. The second-order valence-corrected chi connectivity index (χ2v) is 9.35. The molecule has 31 heavy (non-hydrogen) atoms. The first-order valence-electron chi connectivity index (χ1n) is 11.3. The van der Waals surface area contributed by atoms with E-state index in [4.69, 9.17) is 0 Å². The van der Waals surface area contributed by atoms with Gasteiger partial charge in [0.2, 0.25) is 0 Å². The Morgan fingerprint density at radius 2 is 1.58 bits per heavy atom. The molecule has 0 radical (unpaired) electrons. The van der Waals surface area contributed by atoms with Crippen LogP contribution in [0.1, 0.15) is 59.2 Å². The number of nitrogens with zero attached hydrogens (tertiary/aromatic N) is 4. The maximum absolute atomic E-state index is 13.3. The predicted octanol–water partition coefficient (Wildman–Crippen LogP) is 4.14. The second kappa shape index (κ2) is 10.8. The quantitative estimate of drug-likeness (QED) is 0.657. The maximum Gasteiger partial charge on any atom is 0.256 e. The number of rotatable bonds is 5. The van der Waals surface area contributed by atoms with Crippen LogP contribution in [0.5, 0.6) is 0 Å². The SMILES string of the molecule is O=C(c1ccncc1)N1CCCN(C(=O)c2cccnc2SCC2CCCCC2)CC1. The first-order chi connectivity index (χ1) is 15.2. The molecule has 2 amide bonds. The Hall–Kier alpha value is -2.41. The molecule has 0 spiro atoms. The molecule has 0 aromatic carbocycles. The van der Waals surface area contributed by atoms with Gasteiger partial charge in [-0.05, 0) is 49.4 Å². The van der Waals surface area contributed by atoms with E-state index in [1.165, 1.54) is 32.1 Å². The van der Waals surface area contributed by atoms with Crippen LogP contribution in [-0.4, -0.2) is 63.5 Å². The number of hydrogen-bond donors (Lipinski definition) is 0. The molecular formula is C24H30N4O2S. The number of pyridine rings is 2. The van der Waals surface area contributed by atoms with E-state index >= 15 is 0 Å². The molecule has 1 saturated carbocycles. The van der Waals surface area contributed by atoms with E-state index in [0.717, 1.165) is 23.1 Å². The summed E-state index contributed by atoms with van der Waals surface area (Å²) in [6.07, 6.45) is 12.4. The van der Waals surface area contributed by atoms with E-state index in [-0.39, 0.29) is 11.8 Å². The van der Waals surface area contributed by atoms with Crippen LogP contribution in [0, 0.1) is 5.92 Å². The Kier molecular flexibility index (Phi) is 7.57. The van der Waals surface area contributed by atoms with Gasteiger partial charge in [-0.2, -0.15) is 0 Å². The van der Waals surface area contributed by atoms with Crippen molar-refractivity contribution < 1.29 is 9.59 Å². The Morgan fingerprint density at radius 3 is 2.32 bits per heavy atom. The first-order valence-corrected chi connectivity index (χ1v) is 12.3. The predicted molar refractivity (Wildman–Crippen MR) is 122 cm³/mol. The van der Waals surface area contributed by atoms with E-state index in [2.05, 4.69) is 9.97 Å². The van der Waals surface area contributed by atoms with Crippen molar-refractivity contribution in [2.45, 2.75) is 43.6 Å². The Bertz CT molecular complexity index is 886. The summed E-state index contributed by atoms with van der Waals surface area (Å²) in [6, 6.07) is 7.21. The highest BCUT2D eigenvalue weighted by atomic mass is 32.2. The molecule has 7 heteroatoms. The van der Waals surface area contributed by atoms with E-state index in [1.54, 1.807) is 42.5 Å². The minimum absolute atomic E-state index is 0.00167. The first kappa shape index (κ1) is 21.8. The van der Waals surface area contributed by atoms with Crippen LogP contribution in [0.2, 0.25) is 0 Å². The standard InChI is InChI=1S/C24H30N4O2S/c29-23(20-9-12-25-13-10-20)27-14-5-15-28(17-16-27)24(30)21-8-4-11-26-22(21)31-18-19-6-2-1-3-7-19/h4,8-13,19H,1-3,5-7,14-18H2. The van der Waals surface area contributed by atoms with Crippen LogP contribution in [0.3, 0.4) is 0 Å². The fourth-order valence-electron chi connectivity index (χ4n) is 4.39. The molecule has 1 aliphatic carbocycles. The van der Waals surface area contributed by atoms with Gasteiger partial charge >= 0.3 is 0 Å². The van der Waals surface area contributed by atoms with Crippen LogP contribution in [0.25, 0.3) is 0 Å². The van der Waals surface area contributed by atoms with E-state index in [1.807, 2.05) is 21.9 Å². The summed E-state index contributed by atoms with van der Waals surface area (Å²) in [4.78, 5) is 38.3. The largest absolute Gasteiger partial charge is 0.337 e. The van der Waals surface area contributed by atoms with Crippen molar-refractivity contribution in [2.75, 3.05) is 31.9 Å². The maximum atomic E-state index is 13.3. The third-order valence-electron chi connectivity index (χ3n) is 6.18. The number of carbonyl (C=O) groups is 2. The van der Waals surface area contributed by atoms with Crippen LogP contribution in [0.4, 0.5) is 0 Å². The molecular weight excluding hydrogens is 408 g/mol. The summed E-state index contributed by atoms with van der Waals surface area (Å²) in [5, 5.41) is 0.840. The molecule has 2 fully saturated rings. The van der Waals surface area contributed by atoms with Crippen molar-refractivity contribution in [1.82, 2.24) is 19.8 Å². The van der Waals surface area contributed by atoms with Gasteiger partial charge in [0.15, 0.2) is 0 Å². The van der Waals surface area contributed by atoms with Gasteiger partial charge < -0.3 is 9.80 Å². The molecule has 2 aromatic heterocycles. The summed E-state index contributed by atoms with van der Waals surface area (Å²) >= 11 is 1.72. The van der Waals surface area contributed by atoms with Crippen LogP contribution >= 0.6 is 11.8 Å². The topological polar surface area (TPSA) is 66.4 Å². The van der Waals surface area contributed by atoms with Gasteiger partial charge in [-0.3, -0.25) is 14.6 Å². The average molecular weight is 439 g/mol. The molecule has 1 aliphatic heterocycles. The van der Waals surface area contributed by atoms with Gasteiger partial charge in [-0.25, -0.2) is 4.98 Å². The summed E-state index contributed by atoms with van der Waals surface area (Å²) in [5.41, 5.74) is 1.33. The number of hydrogen-bond acceptors (Lipinski definition) is 5. The number of aromatic nitrogens is 2. The fourth-order valence-corrected chi connectivity index (χ4v) is 5.56. The number of thioether (sulfide) groups is 1. The molecule has 0 unspecified atom stereocenters. The highest BCUT2D eigenvalue weighted by molar-refractivity contribution is 7.99. The number of amides is 2. The van der Waals surface area contributed by atoms with Gasteiger partial charge in [0.1, 0.15) is 5.03 Å². The van der Waals surface area contributed by atoms with Crippen molar-refractivity contribution in [3.63, 3.8) is 0 Å². The summed E-state index contributed by atoms with van der Waals surface area (Å²) in [5.74, 6) is 1.79. The highest BCUT2D eigenvalue weighted by Gasteiger charge is 2.25. The molecule has 164 valence electrons. The second-order valence-electron chi connectivity index (χ2n) is 8.34. The van der Waals surface area contributed by atoms with E-state index in [0.29, 0.717) is 37.3 Å². The molecule has 0 N–H and O–H groups in total. The van der Waals surface area contributed by atoms with E-state index < -0.39 is 0 Å². The van der Waals surface area contributed by atoms with E-state index in [9.17, 15) is 9.59 Å². The zero-order chi connectivity index (χ0) is 21.5. The fraction of sp³-hybridized carbons (Fsp3) is 0.500. The Morgan fingerprint density at radius 1 is 0.871 bits per heavy atom. The average Bonchev–Trinajstić information content (AvgIpc) is 3.10. The zero-order valence-corrected chi connectivity index (χ0v) is 18.7. The molecule has 2 aromatic rings. The monoisotopic (exact) mass is 438 g/mol. The number of carbonyl (C=O) groups excluding carboxylic acids is 2. The lowest BCUT2D eigenvalue weighted by Crippen LogP contribution is -2.37. The van der Waals surface area contributed by atoms with Crippen molar-refractivity contribution in [3.8, 4) is 0 Å². The van der Waals surface area contributed by atoms with Crippen LogP contribution in [0.15, 0.2) is 47.9 Å². The van der Waals surface area contributed by atoms with Gasteiger partial charge in [-0.15, -0.1) is 11.8 Å². The smallest absolute Gasteiger partial charge is 0.256 e. The molecule has 0 bridgehead atoms. The molecule has 3 heterocycles. The van der Waals surface area contributed by atoms with Crippen molar-refractivity contribution >= 4 is 23.6 Å². The Labute approximate surface area is 188 Å². The molecule has 1 saturated heterocycles. The molecule has 6 nitrogen and oxygen atoms in total. The third-order valence-corrected chi connectivity index (χ3v) is 7.42. The van der Waals surface area contributed by atoms with Gasteiger partial charge in [-0.1, -0.05) is 19.3 Å². The van der Waals surface area contributed by atoms with Crippen LogP contribution < -0.4 is 0 Å². The summed E-state index contributed by atoms with van der Waals surface area (Å²) in [7, 11) is 0. The zero-order valence-electron chi connectivity index (χ0n) is 17.9. The lowest BCUT2D eigenvalue weighted by Gasteiger charge is -2.23. The van der Waals surface area contributed by atoms with Crippen LogP contribution in [-0.2, 0) is 0 Å². The normalized spacial score (nSPS) is 17.9. The lowest BCUT2D eigenvalue weighted by atomic mass is 9.91. The van der Waals surface area contributed by atoms with Gasteiger partial charge in [0.05, 0.1) is 5.56 Å². The Balaban J connectivity index is 1.38. The molecule has 0 atom stereocenters. The van der Waals surface area contributed by atoms with Crippen molar-refractivity contribution in [2.24, 2.45) is 5.92 Å².